The highest BCUT2D eigenvalue weighted by Gasteiger charge is 2.29. The summed E-state index contributed by atoms with van der Waals surface area (Å²) < 4.78 is 1.92. The number of carbonyl (C=O) groups excluding carboxylic acids is 2. The molecule has 166 valence electrons. The van der Waals surface area contributed by atoms with Gasteiger partial charge < -0.3 is 0 Å². The molecule has 4 heteroatoms. The molecule has 0 heterocycles. The van der Waals surface area contributed by atoms with E-state index in [2.05, 4.69) is 77.8 Å². The highest BCUT2D eigenvalue weighted by molar-refractivity contribution is 9.10. The lowest BCUT2D eigenvalue weighted by Gasteiger charge is -2.29. The third kappa shape index (κ3) is 6.05. The average Bonchev–Trinajstić information content (AvgIpc) is 2.74. The van der Waals surface area contributed by atoms with Crippen molar-refractivity contribution in [1.82, 2.24) is 0 Å². The van der Waals surface area contributed by atoms with Gasteiger partial charge in [-0.15, -0.1) is 0 Å². The summed E-state index contributed by atoms with van der Waals surface area (Å²) in [6.45, 7) is 8.40. The summed E-state index contributed by atoms with van der Waals surface area (Å²) in [6.07, 6.45) is 0.826. The van der Waals surface area contributed by atoms with E-state index >= 15 is 0 Å². The number of halogens is 2. The SMILES string of the molecule is CC(C)(CC(=O)c1ccc(Br)cc1)c1cccc(C(C)(C)CC(=O)c2ccc(Br)cc2)c1. The zero-order valence-electron chi connectivity index (χ0n) is 18.9. The Hall–Kier alpha value is -2.04. The Morgan fingerprint density at radius 1 is 0.625 bits per heavy atom. The number of rotatable bonds is 8. The van der Waals surface area contributed by atoms with E-state index in [9.17, 15) is 9.59 Å². The van der Waals surface area contributed by atoms with E-state index in [1.54, 1.807) is 0 Å². The zero-order chi connectivity index (χ0) is 23.5. The number of Topliss-reactive ketones (excluding diaryl/α,β-unsaturated/α-hetero) is 2. The third-order valence-corrected chi connectivity index (χ3v) is 7.02. The Labute approximate surface area is 207 Å². The molecule has 0 aliphatic heterocycles. The van der Waals surface area contributed by atoms with Crippen LogP contribution in [0.5, 0.6) is 0 Å². The van der Waals surface area contributed by atoms with E-state index in [1.165, 1.54) is 0 Å². The molecule has 0 amide bonds. The summed E-state index contributed by atoms with van der Waals surface area (Å²) in [7, 11) is 0. The quantitative estimate of drug-likeness (QED) is 0.262. The van der Waals surface area contributed by atoms with E-state index in [1.807, 2.05) is 54.6 Å². The molecule has 0 aromatic heterocycles. The first-order chi connectivity index (χ1) is 15.0. The summed E-state index contributed by atoms with van der Waals surface area (Å²) in [6, 6.07) is 23.3. The van der Waals surface area contributed by atoms with Crippen LogP contribution in [0.25, 0.3) is 0 Å². The van der Waals surface area contributed by atoms with Crippen molar-refractivity contribution in [3.05, 3.63) is 104 Å². The third-order valence-electron chi connectivity index (χ3n) is 5.96. The van der Waals surface area contributed by atoms with Crippen LogP contribution in [0.2, 0.25) is 0 Å². The van der Waals surface area contributed by atoms with Crippen LogP contribution in [0.4, 0.5) is 0 Å². The molecule has 0 fully saturated rings. The van der Waals surface area contributed by atoms with Gasteiger partial charge in [-0.2, -0.15) is 0 Å². The Morgan fingerprint density at radius 3 is 1.31 bits per heavy atom. The number of ketones is 2. The fourth-order valence-electron chi connectivity index (χ4n) is 3.84. The van der Waals surface area contributed by atoms with Crippen molar-refractivity contribution in [2.45, 2.75) is 51.4 Å². The lowest BCUT2D eigenvalue weighted by atomic mass is 9.74. The molecule has 0 aliphatic carbocycles. The van der Waals surface area contributed by atoms with Gasteiger partial charge in [-0.1, -0.05) is 108 Å². The van der Waals surface area contributed by atoms with Crippen LogP contribution in [0, 0.1) is 0 Å². The smallest absolute Gasteiger partial charge is 0.163 e. The molecular weight excluding hydrogens is 528 g/mol. The molecular formula is C28H28Br2O2. The summed E-state index contributed by atoms with van der Waals surface area (Å²) in [5.74, 6) is 0.246. The summed E-state index contributed by atoms with van der Waals surface area (Å²) in [5.41, 5.74) is 2.99. The number of benzene rings is 3. The van der Waals surface area contributed by atoms with Crippen LogP contribution >= 0.6 is 31.9 Å². The number of hydrogen-bond donors (Lipinski definition) is 0. The van der Waals surface area contributed by atoms with Crippen molar-refractivity contribution < 1.29 is 9.59 Å². The molecule has 0 atom stereocenters. The highest BCUT2D eigenvalue weighted by Crippen LogP contribution is 2.34. The highest BCUT2D eigenvalue weighted by atomic mass is 79.9. The van der Waals surface area contributed by atoms with Crippen molar-refractivity contribution in [3.8, 4) is 0 Å². The standard InChI is InChI=1S/C28H28Br2O2/c1-27(2,17-25(31)19-8-12-23(29)13-9-19)21-6-5-7-22(16-21)28(3,4)18-26(32)20-10-14-24(30)15-11-20/h5-16H,17-18H2,1-4H3. The molecule has 0 spiro atoms. The predicted octanol–water partition coefficient (Wildman–Crippen LogP) is 8.31. The lowest BCUT2D eigenvalue weighted by molar-refractivity contribution is 0.0951. The molecule has 0 saturated heterocycles. The van der Waals surface area contributed by atoms with E-state index in [-0.39, 0.29) is 22.4 Å². The Kier molecular flexibility index (Phi) is 7.57. The molecule has 0 bridgehead atoms. The van der Waals surface area contributed by atoms with Crippen molar-refractivity contribution in [2.24, 2.45) is 0 Å². The van der Waals surface area contributed by atoms with Crippen molar-refractivity contribution >= 4 is 43.4 Å². The Morgan fingerprint density at radius 2 is 0.969 bits per heavy atom. The summed E-state index contributed by atoms with van der Waals surface area (Å²) in [5, 5.41) is 0. The van der Waals surface area contributed by atoms with E-state index < -0.39 is 0 Å². The van der Waals surface area contributed by atoms with Gasteiger partial charge in [0.15, 0.2) is 11.6 Å². The predicted molar refractivity (Wildman–Crippen MR) is 139 cm³/mol. The Balaban J connectivity index is 1.79. The summed E-state index contributed by atoms with van der Waals surface area (Å²) in [4.78, 5) is 25.8. The van der Waals surface area contributed by atoms with E-state index in [0.29, 0.717) is 12.8 Å². The van der Waals surface area contributed by atoms with Gasteiger partial charge in [0, 0.05) is 32.9 Å². The fraction of sp³-hybridized carbons (Fsp3) is 0.286. The van der Waals surface area contributed by atoms with Gasteiger partial charge in [-0.25, -0.2) is 0 Å². The molecule has 3 aromatic rings. The fourth-order valence-corrected chi connectivity index (χ4v) is 4.37. The molecule has 0 aliphatic rings. The van der Waals surface area contributed by atoms with Crippen LogP contribution in [0.3, 0.4) is 0 Å². The molecule has 0 N–H and O–H groups in total. The number of hydrogen-bond acceptors (Lipinski definition) is 2. The number of carbonyl (C=O) groups is 2. The molecule has 0 unspecified atom stereocenters. The van der Waals surface area contributed by atoms with Crippen molar-refractivity contribution in [1.29, 1.82) is 0 Å². The van der Waals surface area contributed by atoms with Gasteiger partial charge in [0.1, 0.15) is 0 Å². The van der Waals surface area contributed by atoms with Crippen LogP contribution in [0.1, 0.15) is 72.4 Å². The topological polar surface area (TPSA) is 34.1 Å². The minimum Gasteiger partial charge on any atom is -0.294 e. The second kappa shape index (κ2) is 9.84. The van der Waals surface area contributed by atoms with Crippen molar-refractivity contribution in [3.63, 3.8) is 0 Å². The molecule has 0 saturated carbocycles. The first kappa shape index (κ1) is 24.6. The van der Waals surface area contributed by atoms with Gasteiger partial charge in [-0.05, 0) is 46.2 Å². The monoisotopic (exact) mass is 554 g/mol. The normalized spacial score (nSPS) is 11.9. The lowest BCUT2D eigenvalue weighted by Crippen LogP contribution is -2.25. The maximum absolute atomic E-state index is 12.9. The van der Waals surface area contributed by atoms with Gasteiger partial charge in [0.2, 0.25) is 0 Å². The molecule has 32 heavy (non-hydrogen) atoms. The second-order valence-electron chi connectivity index (χ2n) is 9.56. The van der Waals surface area contributed by atoms with Gasteiger partial charge in [0.05, 0.1) is 0 Å². The first-order valence-corrected chi connectivity index (χ1v) is 12.3. The second-order valence-corrected chi connectivity index (χ2v) is 11.4. The van der Waals surface area contributed by atoms with Gasteiger partial charge in [0.25, 0.3) is 0 Å². The molecule has 0 radical (unpaired) electrons. The minimum absolute atomic E-state index is 0.123. The largest absolute Gasteiger partial charge is 0.294 e. The van der Waals surface area contributed by atoms with Gasteiger partial charge >= 0.3 is 0 Å². The zero-order valence-corrected chi connectivity index (χ0v) is 22.1. The molecule has 2 nitrogen and oxygen atoms in total. The molecule has 3 rings (SSSR count). The minimum atomic E-state index is -0.327. The van der Waals surface area contributed by atoms with E-state index in [4.69, 9.17) is 0 Å². The maximum Gasteiger partial charge on any atom is 0.163 e. The van der Waals surface area contributed by atoms with Crippen molar-refractivity contribution in [2.75, 3.05) is 0 Å². The maximum atomic E-state index is 12.9. The summed E-state index contributed by atoms with van der Waals surface area (Å²) >= 11 is 6.83. The Bertz CT molecular complexity index is 1020. The molecule has 3 aromatic carbocycles. The van der Waals surface area contributed by atoms with Crippen LogP contribution in [-0.4, -0.2) is 11.6 Å². The first-order valence-electron chi connectivity index (χ1n) is 10.7. The van der Waals surface area contributed by atoms with Crippen LogP contribution in [0.15, 0.2) is 81.7 Å². The van der Waals surface area contributed by atoms with Crippen LogP contribution < -0.4 is 0 Å². The van der Waals surface area contributed by atoms with Gasteiger partial charge in [-0.3, -0.25) is 9.59 Å². The van der Waals surface area contributed by atoms with E-state index in [0.717, 1.165) is 31.2 Å². The van der Waals surface area contributed by atoms with Crippen LogP contribution in [-0.2, 0) is 10.8 Å². The average molecular weight is 556 g/mol.